The second-order valence-electron chi connectivity index (χ2n) is 2.99. The number of Topliss-reactive ketones (excluding diaryl/α,β-unsaturated/α-hetero) is 1. The highest BCUT2D eigenvalue weighted by molar-refractivity contribution is 5.96. The quantitative estimate of drug-likeness (QED) is 0.646. The van der Waals surface area contributed by atoms with Gasteiger partial charge in [-0.3, -0.25) is 4.79 Å². The summed E-state index contributed by atoms with van der Waals surface area (Å²) in [6, 6.07) is 3.16. The number of hydrogen-bond donors (Lipinski definition) is 1. The number of rotatable bonds is 1. The predicted octanol–water partition coefficient (Wildman–Crippen LogP) is 2.21. The van der Waals surface area contributed by atoms with E-state index in [2.05, 4.69) is 0 Å². The Bertz CT molecular complexity index is 327. The molecule has 0 amide bonds. The number of benzene rings is 1. The Morgan fingerprint density at radius 1 is 1.33 bits per heavy atom. The van der Waals surface area contributed by atoms with Crippen LogP contribution in [0.5, 0.6) is 5.75 Å². The van der Waals surface area contributed by atoms with E-state index in [9.17, 15) is 9.90 Å². The van der Waals surface area contributed by atoms with E-state index in [-0.39, 0.29) is 11.5 Å². The van der Waals surface area contributed by atoms with E-state index in [1.807, 2.05) is 13.8 Å². The minimum atomic E-state index is -0.00787. The standard InChI is InChI=1S/C10H12O2/c1-6-4-9(12)5-10(7(6)2)8(3)11/h4-5,12H,1-3H3. The molecule has 12 heavy (non-hydrogen) atoms. The zero-order chi connectivity index (χ0) is 9.30. The predicted molar refractivity (Wildman–Crippen MR) is 47.6 cm³/mol. The monoisotopic (exact) mass is 164 g/mol. The van der Waals surface area contributed by atoms with E-state index in [1.165, 1.54) is 13.0 Å². The lowest BCUT2D eigenvalue weighted by Gasteiger charge is -2.05. The van der Waals surface area contributed by atoms with E-state index < -0.39 is 0 Å². The largest absolute Gasteiger partial charge is 0.508 e. The number of phenolic OH excluding ortho intramolecular Hbond substituents is 1. The van der Waals surface area contributed by atoms with Gasteiger partial charge in [0.2, 0.25) is 0 Å². The lowest BCUT2D eigenvalue weighted by atomic mass is 10.0. The Labute approximate surface area is 71.8 Å². The van der Waals surface area contributed by atoms with Crippen LogP contribution in [0, 0.1) is 13.8 Å². The highest BCUT2D eigenvalue weighted by Gasteiger charge is 2.07. The molecule has 0 aromatic heterocycles. The van der Waals surface area contributed by atoms with Crippen LogP contribution in [-0.2, 0) is 0 Å². The van der Waals surface area contributed by atoms with Gasteiger partial charge < -0.3 is 5.11 Å². The van der Waals surface area contributed by atoms with E-state index in [0.717, 1.165) is 11.1 Å². The van der Waals surface area contributed by atoms with E-state index >= 15 is 0 Å². The summed E-state index contributed by atoms with van der Waals surface area (Å²) >= 11 is 0. The Morgan fingerprint density at radius 3 is 2.42 bits per heavy atom. The first-order chi connectivity index (χ1) is 5.52. The summed E-state index contributed by atoms with van der Waals surface area (Å²) in [5, 5.41) is 9.22. The Hall–Kier alpha value is -1.31. The summed E-state index contributed by atoms with van der Waals surface area (Å²) in [5.74, 6) is 0.148. The van der Waals surface area contributed by atoms with Crippen molar-refractivity contribution in [3.05, 3.63) is 28.8 Å². The fraction of sp³-hybridized carbons (Fsp3) is 0.300. The highest BCUT2D eigenvalue weighted by Crippen LogP contribution is 2.20. The molecule has 0 atom stereocenters. The van der Waals surface area contributed by atoms with Gasteiger partial charge in [0.15, 0.2) is 5.78 Å². The summed E-state index contributed by atoms with van der Waals surface area (Å²) in [6.45, 7) is 5.26. The summed E-state index contributed by atoms with van der Waals surface area (Å²) in [5.41, 5.74) is 2.49. The smallest absolute Gasteiger partial charge is 0.160 e. The molecule has 0 fully saturated rings. The molecule has 0 unspecified atom stereocenters. The van der Waals surface area contributed by atoms with Crippen LogP contribution in [0.3, 0.4) is 0 Å². The van der Waals surface area contributed by atoms with E-state index in [4.69, 9.17) is 0 Å². The molecule has 0 spiro atoms. The fourth-order valence-corrected chi connectivity index (χ4v) is 1.21. The number of carbonyl (C=O) groups excluding carboxylic acids is 1. The molecule has 0 aliphatic carbocycles. The van der Waals surface area contributed by atoms with Gasteiger partial charge in [0, 0.05) is 5.56 Å². The van der Waals surface area contributed by atoms with Gasteiger partial charge in [-0.05, 0) is 44.0 Å². The van der Waals surface area contributed by atoms with Crippen LogP contribution in [0.2, 0.25) is 0 Å². The second-order valence-corrected chi connectivity index (χ2v) is 2.99. The third-order valence-corrected chi connectivity index (χ3v) is 2.03. The van der Waals surface area contributed by atoms with Crippen LogP contribution in [0.15, 0.2) is 12.1 Å². The van der Waals surface area contributed by atoms with Crippen LogP contribution < -0.4 is 0 Å². The maximum atomic E-state index is 11.1. The average Bonchev–Trinajstić information content (AvgIpc) is 1.96. The van der Waals surface area contributed by atoms with Gasteiger partial charge in [-0.2, -0.15) is 0 Å². The van der Waals surface area contributed by atoms with Crippen molar-refractivity contribution < 1.29 is 9.90 Å². The molecule has 0 radical (unpaired) electrons. The molecule has 1 rings (SSSR count). The minimum absolute atomic E-state index is 0.00787. The maximum Gasteiger partial charge on any atom is 0.160 e. The van der Waals surface area contributed by atoms with Crippen molar-refractivity contribution in [3.8, 4) is 5.75 Å². The minimum Gasteiger partial charge on any atom is -0.508 e. The summed E-state index contributed by atoms with van der Waals surface area (Å²) in [7, 11) is 0. The summed E-state index contributed by atoms with van der Waals surface area (Å²) < 4.78 is 0. The number of ketones is 1. The molecule has 1 aromatic rings. The third-order valence-electron chi connectivity index (χ3n) is 2.03. The molecule has 2 heteroatoms. The van der Waals surface area contributed by atoms with Gasteiger partial charge in [0.25, 0.3) is 0 Å². The zero-order valence-corrected chi connectivity index (χ0v) is 7.51. The molecule has 1 N–H and O–H groups in total. The zero-order valence-electron chi connectivity index (χ0n) is 7.51. The van der Waals surface area contributed by atoms with Gasteiger partial charge in [-0.15, -0.1) is 0 Å². The maximum absolute atomic E-state index is 11.1. The molecule has 0 aliphatic rings. The number of aryl methyl sites for hydroxylation is 1. The number of carbonyl (C=O) groups is 1. The van der Waals surface area contributed by atoms with Gasteiger partial charge in [0.05, 0.1) is 0 Å². The van der Waals surface area contributed by atoms with Crippen LogP contribution in [-0.4, -0.2) is 10.9 Å². The Morgan fingerprint density at radius 2 is 1.92 bits per heavy atom. The topological polar surface area (TPSA) is 37.3 Å². The first-order valence-electron chi connectivity index (χ1n) is 3.83. The normalized spacial score (nSPS) is 9.92. The first kappa shape index (κ1) is 8.78. The SMILES string of the molecule is CC(=O)c1cc(O)cc(C)c1C. The fourth-order valence-electron chi connectivity index (χ4n) is 1.21. The van der Waals surface area contributed by atoms with Gasteiger partial charge in [-0.1, -0.05) is 0 Å². The van der Waals surface area contributed by atoms with Crippen molar-refractivity contribution in [2.45, 2.75) is 20.8 Å². The molecule has 0 bridgehead atoms. The molecule has 0 heterocycles. The Balaban J connectivity index is 3.37. The molecule has 0 aliphatic heterocycles. The second kappa shape index (κ2) is 2.97. The molecular weight excluding hydrogens is 152 g/mol. The van der Waals surface area contributed by atoms with Crippen molar-refractivity contribution in [1.29, 1.82) is 0 Å². The van der Waals surface area contributed by atoms with Gasteiger partial charge in [0.1, 0.15) is 5.75 Å². The van der Waals surface area contributed by atoms with E-state index in [0.29, 0.717) is 5.56 Å². The van der Waals surface area contributed by atoms with Crippen LogP contribution in [0.25, 0.3) is 0 Å². The van der Waals surface area contributed by atoms with Crippen molar-refractivity contribution in [2.24, 2.45) is 0 Å². The molecule has 0 saturated heterocycles. The van der Waals surface area contributed by atoms with Crippen molar-refractivity contribution in [3.63, 3.8) is 0 Å². The summed E-state index contributed by atoms with van der Waals surface area (Å²) in [4.78, 5) is 11.1. The van der Waals surface area contributed by atoms with Crippen LogP contribution in [0.1, 0.15) is 28.4 Å². The highest BCUT2D eigenvalue weighted by atomic mass is 16.3. The lowest BCUT2D eigenvalue weighted by molar-refractivity contribution is 0.101. The van der Waals surface area contributed by atoms with E-state index in [1.54, 1.807) is 6.07 Å². The molecule has 0 saturated carbocycles. The van der Waals surface area contributed by atoms with Crippen molar-refractivity contribution in [1.82, 2.24) is 0 Å². The molecule has 64 valence electrons. The Kier molecular flexibility index (Phi) is 2.18. The lowest BCUT2D eigenvalue weighted by Crippen LogP contribution is -1.97. The third kappa shape index (κ3) is 1.47. The van der Waals surface area contributed by atoms with Gasteiger partial charge >= 0.3 is 0 Å². The molecule has 2 nitrogen and oxygen atoms in total. The number of hydrogen-bond acceptors (Lipinski definition) is 2. The van der Waals surface area contributed by atoms with Crippen molar-refractivity contribution >= 4 is 5.78 Å². The number of aromatic hydroxyl groups is 1. The van der Waals surface area contributed by atoms with Crippen molar-refractivity contribution in [2.75, 3.05) is 0 Å². The molecular formula is C10H12O2. The van der Waals surface area contributed by atoms with Gasteiger partial charge in [-0.25, -0.2) is 0 Å². The average molecular weight is 164 g/mol. The first-order valence-corrected chi connectivity index (χ1v) is 3.83. The molecule has 1 aromatic carbocycles. The van der Waals surface area contributed by atoms with Crippen LogP contribution in [0.4, 0.5) is 0 Å². The van der Waals surface area contributed by atoms with Crippen LogP contribution >= 0.6 is 0 Å². The number of phenols is 1. The summed E-state index contributed by atoms with van der Waals surface area (Å²) in [6.07, 6.45) is 0.